The van der Waals surface area contributed by atoms with Gasteiger partial charge in [-0.2, -0.15) is 0 Å². The first-order valence-electron chi connectivity index (χ1n) is 10.5. The van der Waals surface area contributed by atoms with Crippen LogP contribution in [0, 0.1) is 5.41 Å². The fraction of sp³-hybridized carbons (Fsp3) is 0.346. The van der Waals surface area contributed by atoms with Crippen LogP contribution >= 0.6 is 7.14 Å². The van der Waals surface area contributed by atoms with E-state index in [0.717, 1.165) is 39.7 Å². The zero-order valence-corrected chi connectivity index (χ0v) is 19.0. The monoisotopic (exact) mass is 420 g/mol. The van der Waals surface area contributed by atoms with Gasteiger partial charge in [0.1, 0.15) is 11.5 Å². The zero-order valence-electron chi connectivity index (χ0n) is 18.1. The predicted octanol–water partition coefficient (Wildman–Crippen LogP) is 5.73. The van der Waals surface area contributed by atoms with E-state index in [-0.39, 0.29) is 16.9 Å². The number of carbonyl (C=O) groups is 1. The molecular weight excluding hydrogens is 391 g/mol. The van der Waals surface area contributed by atoms with Crippen molar-refractivity contribution in [1.29, 1.82) is 0 Å². The SMILES string of the molecule is CC(C)=C1OC2=C(C[C@H]1P(=O)(c1ccccc1)c1ccccc1)C(=O)CC(C)(C)C2. The molecule has 0 saturated carbocycles. The van der Waals surface area contributed by atoms with E-state index in [1.54, 1.807) is 0 Å². The average molecular weight is 420 g/mol. The fourth-order valence-corrected chi connectivity index (χ4v) is 7.98. The van der Waals surface area contributed by atoms with Crippen LogP contribution in [0.25, 0.3) is 0 Å². The molecule has 4 heteroatoms. The molecule has 2 aromatic rings. The molecule has 2 aliphatic rings. The first-order chi connectivity index (χ1) is 14.2. The Labute approximate surface area is 179 Å². The third-order valence-electron chi connectivity index (χ3n) is 6.10. The van der Waals surface area contributed by atoms with Crippen LogP contribution in [0.3, 0.4) is 0 Å². The molecular formula is C26H29O3P. The largest absolute Gasteiger partial charge is 0.465 e. The summed E-state index contributed by atoms with van der Waals surface area (Å²) in [5.41, 5.74) is 1.25. The summed E-state index contributed by atoms with van der Waals surface area (Å²) < 4.78 is 21.4. The highest BCUT2D eigenvalue weighted by Crippen LogP contribution is 2.57. The van der Waals surface area contributed by atoms with Gasteiger partial charge in [0, 0.05) is 29.0 Å². The lowest BCUT2D eigenvalue weighted by Crippen LogP contribution is -2.36. The van der Waals surface area contributed by atoms with Gasteiger partial charge in [0.25, 0.3) is 0 Å². The van der Waals surface area contributed by atoms with E-state index >= 15 is 0 Å². The molecule has 0 amide bonds. The van der Waals surface area contributed by atoms with Crippen molar-refractivity contribution in [2.24, 2.45) is 5.41 Å². The van der Waals surface area contributed by atoms with E-state index in [1.807, 2.05) is 74.5 Å². The number of rotatable bonds is 3. The van der Waals surface area contributed by atoms with E-state index in [9.17, 15) is 9.36 Å². The normalized spacial score (nSPS) is 21.1. The van der Waals surface area contributed by atoms with E-state index < -0.39 is 7.14 Å². The van der Waals surface area contributed by atoms with Crippen molar-refractivity contribution in [3.05, 3.63) is 83.3 Å². The molecule has 3 nitrogen and oxygen atoms in total. The quantitative estimate of drug-likeness (QED) is 0.596. The smallest absolute Gasteiger partial charge is 0.162 e. The summed E-state index contributed by atoms with van der Waals surface area (Å²) in [4.78, 5) is 13.0. The molecule has 0 radical (unpaired) electrons. The highest BCUT2D eigenvalue weighted by Gasteiger charge is 2.47. The molecule has 2 aromatic carbocycles. The Bertz CT molecular complexity index is 1030. The Morgan fingerprint density at radius 3 is 1.97 bits per heavy atom. The third-order valence-corrected chi connectivity index (χ3v) is 9.52. The van der Waals surface area contributed by atoms with E-state index in [0.29, 0.717) is 12.8 Å². The van der Waals surface area contributed by atoms with Crippen LogP contribution in [0.2, 0.25) is 0 Å². The number of ketones is 1. The molecule has 0 unspecified atom stereocenters. The molecule has 0 bridgehead atoms. The Kier molecular flexibility index (Phi) is 5.36. The van der Waals surface area contributed by atoms with Gasteiger partial charge in [0.15, 0.2) is 12.9 Å². The van der Waals surface area contributed by atoms with Crippen molar-refractivity contribution in [2.45, 2.75) is 52.6 Å². The van der Waals surface area contributed by atoms with Gasteiger partial charge in [-0.3, -0.25) is 4.79 Å². The molecule has 0 aromatic heterocycles. The summed E-state index contributed by atoms with van der Waals surface area (Å²) in [5.74, 6) is 1.67. The van der Waals surface area contributed by atoms with Crippen LogP contribution < -0.4 is 10.6 Å². The van der Waals surface area contributed by atoms with Crippen LogP contribution in [-0.4, -0.2) is 11.4 Å². The van der Waals surface area contributed by atoms with Gasteiger partial charge >= 0.3 is 0 Å². The van der Waals surface area contributed by atoms with Crippen molar-refractivity contribution in [2.75, 3.05) is 0 Å². The first-order valence-corrected chi connectivity index (χ1v) is 12.3. The van der Waals surface area contributed by atoms with Gasteiger partial charge < -0.3 is 9.30 Å². The van der Waals surface area contributed by atoms with Crippen molar-refractivity contribution < 1.29 is 14.1 Å². The number of benzene rings is 2. The van der Waals surface area contributed by atoms with Crippen molar-refractivity contribution in [1.82, 2.24) is 0 Å². The van der Waals surface area contributed by atoms with Crippen molar-refractivity contribution in [3.63, 3.8) is 0 Å². The number of hydrogen-bond donors (Lipinski definition) is 0. The minimum Gasteiger partial charge on any atom is -0.465 e. The second-order valence-electron chi connectivity index (χ2n) is 9.36. The molecule has 0 saturated heterocycles. The Hall–Kier alpha value is -2.38. The maximum atomic E-state index is 14.9. The molecule has 1 aliphatic carbocycles. The van der Waals surface area contributed by atoms with Crippen LogP contribution in [-0.2, 0) is 14.1 Å². The van der Waals surface area contributed by atoms with E-state index in [2.05, 4.69) is 13.8 Å². The first kappa shape index (κ1) is 20.9. The van der Waals surface area contributed by atoms with Gasteiger partial charge in [0.05, 0.1) is 5.66 Å². The molecule has 0 fully saturated rings. The number of hydrogen-bond acceptors (Lipinski definition) is 3. The van der Waals surface area contributed by atoms with Crippen molar-refractivity contribution in [3.8, 4) is 0 Å². The Balaban J connectivity index is 1.91. The molecule has 156 valence electrons. The highest BCUT2D eigenvalue weighted by molar-refractivity contribution is 7.79. The third kappa shape index (κ3) is 3.61. The van der Waals surface area contributed by atoms with Crippen LogP contribution in [0.15, 0.2) is 83.3 Å². The summed E-state index contributed by atoms with van der Waals surface area (Å²) in [6.07, 6.45) is 1.71. The molecule has 4 rings (SSSR count). The fourth-order valence-electron chi connectivity index (χ4n) is 4.65. The Morgan fingerprint density at radius 2 is 1.47 bits per heavy atom. The van der Waals surface area contributed by atoms with Crippen molar-refractivity contribution >= 4 is 23.5 Å². The minimum atomic E-state index is -3.10. The number of allylic oxidation sites excluding steroid dienone is 4. The molecule has 1 aliphatic heterocycles. The lowest BCUT2D eigenvalue weighted by molar-refractivity contribution is -0.119. The summed E-state index contributed by atoms with van der Waals surface area (Å²) in [6, 6.07) is 19.3. The van der Waals surface area contributed by atoms with Gasteiger partial charge in [-0.25, -0.2) is 0 Å². The standard InChI is InChI=1S/C26H29O3P/c1-18(2)25-24(15-21-22(27)16-26(3,4)17-23(21)29-25)30(28,19-11-7-5-8-12-19)20-13-9-6-10-14-20/h5-14,24H,15-17H2,1-4H3/t24-/m1/s1. The van der Waals surface area contributed by atoms with Crippen LogP contribution in [0.1, 0.15) is 47.0 Å². The minimum absolute atomic E-state index is 0.113. The molecule has 1 heterocycles. The maximum absolute atomic E-state index is 14.9. The molecule has 1 atom stereocenters. The zero-order chi connectivity index (χ0) is 21.5. The van der Waals surface area contributed by atoms with E-state index in [4.69, 9.17) is 4.74 Å². The second kappa shape index (κ2) is 7.71. The average Bonchev–Trinajstić information content (AvgIpc) is 2.73. The molecule has 30 heavy (non-hydrogen) atoms. The van der Waals surface area contributed by atoms with Gasteiger partial charge in [-0.05, 0) is 31.3 Å². The lowest BCUT2D eigenvalue weighted by Gasteiger charge is -2.40. The second-order valence-corrected chi connectivity index (χ2v) is 12.3. The topological polar surface area (TPSA) is 43.4 Å². The van der Waals surface area contributed by atoms with E-state index in [1.165, 1.54) is 0 Å². The Morgan fingerprint density at radius 1 is 0.933 bits per heavy atom. The summed E-state index contributed by atoms with van der Waals surface area (Å²) in [6.45, 7) is 8.21. The van der Waals surface area contributed by atoms with Crippen LogP contribution in [0.4, 0.5) is 0 Å². The molecule has 0 N–H and O–H groups in total. The molecule has 0 spiro atoms. The summed E-state index contributed by atoms with van der Waals surface area (Å²) in [5, 5.41) is 1.60. The number of Topliss-reactive ketones (excluding diaryl/α,β-unsaturated/α-hetero) is 1. The highest BCUT2D eigenvalue weighted by atomic mass is 31.2. The lowest BCUT2D eigenvalue weighted by atomic mass is 9.75. The van der Waals surface area contributed by atoms with Crippen LogP contribution in [0.5, 0.6) is 0 Å². The predicted molar refractivity (Wildman–Crippen MR) is 123 cm³/mol. The number of carbonyl (C=O) groups excluding carboxylic acids is 1. The van der Waals surface area contributed by atoms with Gasteiger partial charge in [-0.1, -0.05) is 74.5 Å². The number of ether oxygens (including phenoxy) is 1. The maximum Gasteiger partial charge on any atom is 0.162 e. The van der Waals surface area contributed by atoms with Gasteiger partial charge in [-0.15, -0.1) is 0 Å². The summed E-state index contributed by atoms with van der Waals surface area (Å²) >= 11 is 0. The summed E-state index contributed by atoms with van der Waals surface area (Å²) in [7, 11) is -3.10. The van der Waals surface area contributed by atoms with Gasteiger partial charge in [0.2, 0.25) is 0 Å².